The maximum Gasteiger partial charge on any atom is 0.256 e. The monoisotopic (exact) mass is 398 g/mol. The largest absolute Gasteiger partial charge is 0.486 e. The summed E-state index contributed by atoms with van der Waals surface area (Å²) >= 11 is 0. The van der Waals surface area contributed by atoms with Gasteiger partial charge in [0.25, 0.3) is 5.91 Å². The van der Waals surface area contributed by atoms with Gasteiger partial charge in [0.05, 0.1) is 11.1 Å². The van der Waals surface area contributed by atoms with Gasteiger partial charge < -0.3 is 14.4 Å². The van der Waals surface area contributed by atoms with Gasteiger partial charge in [-0.25, -0.2) is 0 Å². The Labute approximate surface area is 174 Å². The van der Waals surface area contributed by atoms with Gasteiger partial charge in [-0.15, -0.1) is 0 Å². The number of carbonyl (C=O) groups is 1. The molecule has 1 aliphatic rings. The number of nitrogens with zero attached hydrogens (tertiary/aromatic N) is 2. The topological polar surface area (TPSA) is 51.7 Å². The molecule has 0 saturated carbocycles. The van der Waals surface area contributed by atoms with Crippen LogP contribution < -0.4 is 9.47 Å². The second kappa shape index (κ2) is 7.67. The zero-order valence-corrected chi connectivity index (χ0v) is 16.8. The highest BCUT2D eigenvalue weighted by molar-refractivity contribution is 6.15. The molecule has 5 rings (SSSR count). The number of pyridine rings is 1. The molecule has 1 amide bonds. The molecule has 1 aliphatic heterocycles. The Morgan fingerprint density at radius 3 is 2.73 bits per heavy atom. The molecular formula is C25H22N2O3. The number of hydrogen-bond donors (Lipinski definition) is 0. The lowest BCUT2D eigenvalue weighted by Gasteiger charge is -2.26. The second-order valence-electron chi connectivity index (χ2n) is 7.31. The van der Waals surface area contributed by atoms with Crippen molar-refractivity contribution in [3.8, 4) is 11.5 Å². The van der Waals surface area contributed by atoms with Crippen molar-refractivity contribution in [2.45, 2.75) is 13.5 Å². The molecule has 0 saturated heterocycles. The van der Waals surface area contributed by atoms with E-state index in [0.717, 1.165) is 38.7 Å². The molecule has 0 radical (unpaired) electrons. The first-order valence-corrected chi connectivity index (χ1v) is 10.2. The van der Waals surface area contributed by atoms with Crippen LogP contribution in [0.4, 0.5) is 0 Å². The van der Waals surface area contributed by atoms with Crippen molar-refractivity contribution in [1.29, 1.82) is 0 Å². The number of amides is 1. The average molecular weight is 398 g/mol. The fourth-order valence-corrected chi connectivity index (χ4v) is 4.05. The SMILES string of the molecule is CCN(Cc1cccc2c1OCCO2)C(=O)c1cc2ccccc2c2cccnc12. The van der Waals surface area contributed by atoms with E-state index in [2.05, 4.69) is 11.1 Å². The number of fused-ring (bicyclic) bond motifs is 4. The third-order valence-electron chi connectivity index (χ3n) is 5.52. The first-order valence-electron chi connectivity index (χ1n) is 10.2. The molecule has 0 aliphatic carbocycles. The summed E-state index contributed by atoms with van der Waals surface area (Å²) in [5.41, 5.74) is 2.29. The smallest absolute Gasteiger partial charge is 0.256 e. The second-order valence-corrected chi connectivity index (χ2v) is 7.31. The highest BCUT2D eigenvalue weighted by Crippen LogP contribution is 2.35. The van der Waals surface area contributed by atoms with E-state index in [1.165, 1.54) is 0 Å². The van der Waals surface area contributed by atoms with E-state index < -0.39 is 0 Å². The normalized spacial score (nSPS) is 12.8. The number of ether oxygens (including phenoxy) is 2. The number of carbonyl (C=O) groups excluding carboxylic acids is 1. The Morgan fingerprint density at radius 1 is 1.00 bits per heavy atom. The molecule has 2 heterocycles. The summed E-state index contributed by atoms with van der Waals surface area (Å²) in [7, 11) is 0. The molecule has 3 aromatic carbocycles. The van der Waals surface area contributed by atoms with Gasteiger partial charge in [-0.1, -0.05) is 42.5 Å². The van der Waals surface area contributed by atoms with Gasteiger partial charge >= 0.3 is 0 Å². The van der Waals surface area contributed by atoms with E-state index in [1.807, 2.05) is 66.4 Å². The minimum atomic E-state index is -0.0405. The van der Waals surface area contributed by atoms with E-state index in [0.29, 0.717) is 31.9 Å². The molecule has 0 spiro atoms. The quantitative estimate of drug-likeness (QED) is 0.463. The van der Waals surface area contributed by atoms with E-state index in [9.17, 15) is 4.79 Å². The van der Waals surface area contributed by atoms with Crippen LogP contribution in [0.5, 0.6) is 11.5 Å². The molecule has 5 nitrogen and oxygen atoms in total. The van der Waals surface area contributed by atoms with Gasteiger partial charge in [-0.2, -0.15) is 0 Å². The number of benzene rings is 3. The summed E-state index contributed by atoms with van der Waals surface area (Å²) in [6, 6.07) is 19.8. The van der Waals surface area contributed by atoms with Gasteiger partial charge in [0.2, 0.25) is 0 Å². The van der Waals surface area contributed by atoms with Gasteiger partial charge in [0, 0.05) is 30.2 Å². The molecule has 0 unspecified atom stereocenters. The lowest BCUT2D eigenvalue weighted by Crippen LogP contribution is -2.31. The van der Waals surface area contributed by atoms with Crippen LogP contribution in [-0.2, 0) is 6.54 Å². The van der Waals surface area contributed by atoms with Crippen molar-refractivity contribution in [2.24, 2.45) is 0 Å². The van der Waals surface area contributed by atoms with Crippen LogP contribution >= 0.6 is 0 Å². The predicted molar refractivity (Wildman–Crippen MR) is 117 cm³/mol. The highest BCUT2D eigenvalue weighted by Gasteiger charge is 2.22. The van der Waals surface area contributed by atoms with E-state index >= 15 is 0 Å². The van der Waals surface area contributed by atoms with Gasteiger partial charge in [0.15, 0.2) is 11.5 Å². The number of para-hydroxylation sites is 1. The number of hydrogen-bond acceptors (Lipinski definition) is 4. The van der Waals surface area contributed by atoms with E-state index in [1.54, 1.807) is 6.20 Å². The molecule has 0 fully saturated rings. The summed E-state index contributed by atoms with van der Waals surface area (Å²) in [6.07, 6.45) is 1.74. The van der Waals surface area contributed by atoms with Crippen molar-refractivity contribution in [3.63, 3.8) is 0 Å². The molecule has 0 N–H and O–H groups in total. The first-order chi connectivity index (χ1) is 14.8. The third-order valence-corrected chi connectivity index (χ3v) is 5.52. The molecule has 150 valence electrons. The molecule has 30 heavy (non-hydrogen) atoms. The Morgan fingerprint density at radius 2 is 1.83 bits per heavy atom. The minimum absolute atomic E-state index is 0.0405. The Bertz CT molecular complexity index is 1250. The van der Waals surface area contributed by atoms with Crippen LogP contribution in [-0.4, -0.2) is 35.5 Å². The van der Waals surface area contributed by atoms with Gasteiger partial charge in [-0.3, -0.25) is 9.78 Å². The minimum Gasteiger partial charge on any atom is -0.486 e. The zero-order valence-electron chi connectivity index (χ0n) is 16.8. The van der Waals surface area contributed by atoms with Crippen LogP contribution in [0.25, 0.3) is 21.7 Å². The molecule has 5 heteroatoms. The fraction of sp³-hybridized carbons (Fsp3) is 0.200. The van der Waals surface area contributed by atoms with Crippen molar-refractivity contribution < 1.29 is 14.3 Å². The number of aromatic nitrogens is 1. The number of rotatable bonds is 4. The first kappa shape index (κ1) is 18.4. The summed E-state index contributed by atoms with van der Waals surface area (Å²) < 4.78 is 11.5. The van der Waals surface area contributed by atoms with Crippen molar-refractivity contribution >= 4 is 27.6 Å². The van der Waals surface area contributed by atoms with Crippen molar-refractivity contribution in [1.82, 2.24) is 9.88 Å². The summed E-state index contributed by atoms with van der Waals surface area (Å²) in [6.45, 7) is 4.07. The zero-order chi connectivity index (χ0) is 20.5. The Balaban J connectivity index is 1.57. The van der Waals surface area contributed by atoms with Gasteiger partial charge in [0.1, 0.15) is 13.2 Å². The molecular weight excluding hydrogens is 376 g/mol. The van der Waals surface area contributed by atoms with Crippen molar-refractivity contribution in [3.05, 3.63) is 78.0 Å². The maximum atomic E-state index is 13.6. The maximum absolute atomic E-state index is 13.6. The van der Waals surface area contributed by atoms with Crippen LogP contribution in [0.2, 0.25) is 0 Å². The molecule has 0 atom stereocenters. The van der Waals surface area contributed by atoms with Crippen LogP contribution in [0.15, 0.2) is 66.9 Å². The van der Waals surface area contributed by atoms with Crippen LogP contribution in [0.3, 0.4) is 0 Å². The standard InChI is InChI=1S/C25H22N2O3/c1-2-27(16-18-8-5-11-22-24(18)30-14-13-29-22)25(28)21-15-17-7-3-4-9-19(17)20-10-6-12-26-23(20)21/h3-12,15H,2,13-14,16H2,1H3. The Hall–Kier alpha value is -3.60. The van der Waals surface area contributed by atoms with Crippen LogP contribution in [0.1, 0.15) is 22.8 Å². The third kappa shape index (κ3) is 3.12. The van der Waals surface area contributed by atoms with Crippen LogP contribution in [0, 0.1) is 0 Å². The predicted octanol–water partition coefficient (Wildman–Crippen LogP) is 4.82. The molecule has 1 aromatic heterocycles. The molecule has 4 aromatic rings. The Kier molecular flexibility index (Phi) is 4.71. The van der Waals surface area contributed by atoms with E-state index in [4.69, 9.17) is 9.47 Å². The van der Waals surface area contributed by atoms with Crippen molar-refractivity contribution in [2.75, 3.05) is 19.8 Å². The highest BCUT2D eigenvalue weighted by atomic mass is 16.6. The van der Waals surface area contributed by atoms with Gasteiger partial charge in [-0.05, 0) is 35.9 Å². The average Bonchev–Trinajstić information content (AvgIpc) is 2.81. The van der Waals surface area contributed by atoms with E-state index in [-0.39, 0.29) is 5.91 Å². The summed E-state index contributed by atoms with van der Waals surface area (Å²) in [5, 5.41) is 3.12. The lowest BCUT2D eigenvalue weighted by molar-refractivity contribution is 0.0751. The fourth-order valence-electron chi connectivity index (χ4n) is 4.05. The summed E-state index contributed by atoms with van der Waals surface area (Å²) in [5.74, 6) is 1.43. The lowest BCUT2D eigenvalue weighted by atomic mass is 10.00. The molecule has 0 bridgehead atoms. The summed E-state index contributed by atoms with van der Waals surface area (Å²) in [4.78, 5) is 20.0.